The maximum atomic E-state index is 14.0. The van der Waals surface area contributed by atoms with Crippen molar-refractivity contribution in [3.8, 4) is 11.3 Å². The average Bonchev–Trinajstić information content (AvgIpc) is 3.38. The van der Waals surface area contributed by atoms with Crippen LogP contribution in [-0.2, 0) is 26.2 Å². The molecule has 12 heteroatoms. The first-order valence-corrected chi connectivity index (χ1v) is 10.9. The Kier molecular flexibility index (Phi) is 8.19. The van der Waals surface area contributed by atoms with E-state index >= 15 is 0 Å². The molecule has 3 heterocycles. The molecule has 9 nitrogen and oxygen atoms in total. The number of rotatable bonds is 7. The van der Waals surface area contributed by atoms with Crippen molar-refractivity contribution in [1.29, 1.82) is 0 Å². The van der Waals surface area contributed by atoms with Crippen LogP contribution in [0.1, 0.15) is 5.56 Å². The van der Waals surface area contributed by atoms with E-state index in [0.717, 1.165) is 9.54 Å². The first kappa shape index (κ1) is 23.9. The monoisotopic (exact) mass is 467 g/mol. The quantitative estimate of drug-likeness (QED) is 0.356. The number of nitrogens with zero attached hydrogens (tertiary/aromatic N) is 2. The van der Waals surface area contributed by atoms with Crippen LogP contribution in [0.2, 0.25) is 0 Å². The van der Waals surface area contributed by atoms with Gasteiger partial charge in [0.15, 0.2) is 0 Å². The van der Waals surface area contributed by atoms with Crippen LogP contribution in [0.4, 0.5) is 4.39 Å². The van der Waals surface area contributed by atoms with Gasteiger partial charge in [0, 0.05) is 36.5 Å². The number of carbonyl (C=O) groups is 2. The normalized spacial score (nSPS) is 11.2. The van der Waals surface area contributed by atoms with Gasteiger partial charge in [0.25, 0.3) is 10.0 Å². The molecule has 0 bridgehead atoms. The Morgan fingerprint density at radius 3 is 2.45 bits per heavy atom. The van der Waals surface area contributed by atoms with E-state index in [9.17, 15) is 22.4 Å². The molecule has 0 aliphatic heterocycles. The van der Waals surface area contributed by atoms with Crippen molar-refractivity contribution in [2.75, 3.05) is 7.05 Å². The number of hydrogen-bond acceptors (Lipinski definition) is 7. The highest BCUT2D eigenvalue weighted by molar-refractivity contribution is 7.90. The lowest BCUT2D eigenvalue weighted by atomic mass is 10.2. The van der Waals surface area contributed by atoms with Crippen LogP contribution in [0.15, 0.2) is 64.5 Å². The van der Waals surface area contributed by atoms with E-state index in [1.807, 2.05) is 0 Å². The predicted octanol–water partition coefficient (Wildman–Crippen LogP) is 2.42. The molecule has 0 fully saturated rings. The minimum atomic E-state index is -3.78. The van der Waals surface area contributed by atoms with Gasteiger partial charge in [-0.2, -0.15) is 15.7 Å². The number of nitrogens with one attached hydrogen (secondary N) is 1. The van der Waals surface area contributed by atoms with Gasteiger partial charge in [0.1, 0.15) is 0 Å². The smallest absolute Gasteiger partial charge is 0.328 e. The number of pyridine rings is 1. The van der Waals surface area contributed by atoms with E-state index in [1.54, 1.807) is 29.9 Å². The fourth-order valence-corrected chi connectivity index (χ4v) is 4.83. The molecule has 0 atom stereocenters. The van der Waals surface area contributed by atoms with Gasteiger partial charge in [-0.05, 0) is 42.3 Å². The zero-order valence-electron chi connectivity index (χ0n) is 16.1. The zero-order chi connectivity index (χ0) is 23.0. The van der Waals surface area contributed by atoms with Gasteiger partial charge in [0.05, 0.1) is 16.2 Å². The molecule has 0 spiro atoms. The highest BCUT2D eigenvalue weighted by Crippen LogP contribution is 2.29. The molecule has 164 valence electrons. The standard InChI is InChI=1S/C15H14FN3O2S2.C4H4O4/c1-17-8-11-7-14(13-3-2-5-18-15(13)16)19(9-11)23(20,21)12-4-6-22-10-12;5-3(6)1-2-4(7)8/h2-7,9-10,17H,8H2,1H3;1-2H,(H,5,6)(H,7,8)/b;2-1+. The molecule has 3 aromatic heterocycles. The van der Waals surface area contributed by atoms with E-state index in [-0.39, 0.29) is 16.2 Å². The summed E-state index contributed by atoms with van der Waals surface area (Å²) in [6.07, 6.45) is 3.95. The largest absolute Gasteiger partial charge is 0.478 e. The van der Waals surface area contributed by atoms with Gasteiger partial charge in [0.2, 0.25) is 5.95 Å². The van der Waals surface area contributed by atoms with Crippen LogP contribution < -0.4 is 5.32 Å². The van der Waals surface area contributed by atoms with Crippen LogP contribution in [0, 0.1) is 5.95 Å². The van der Waals surface area contributed by atoms with Crippen molar-refractivity contribution < 1.29 is 32.6 Å². The van der Waals surface area contributed by atoms with E-state index in [1.165, 1.54) is 35.9 Å². The van der Waals surface area contributed by atoms with E-state index in [2.05, 4.69) is 10.3 Å². The van der Waals surface area contributed by atoms with Crippen LogP contribution >= 0.6 is 11.3 Å². The lowest BCUT2D eigenvalue weighted by molar-refractivity contribution is -0.134. The molecular weight excluding hydrogens is 449 g/mol. The summed E-state index contributed by atoms with van der Waals surface area (Å²) in [6.45, 7) is 0.473. The molecule has 3 aromatic rings. The summed E-state index contributed by atoms with van der Waals surface area (Å²) in [6, 6.07) is 6.27. The third kappa shape index (κ3) is 6.31. The molecule has 3 rings (SSSR count). The minimum absolute atomic E-state index is 0.147. The van der Waals surface area contributed by atoms with Gasteiger partial charge in [-0.1, -0.05) is 0 Å². The van der Waals surface area contributed by atoms with Gasteiger partial charge >= 0.3 is 11.9 Å². The maximum Gasteiger partial charge on any atom is 0.328 e. The summed E-state index contributed by atoms with van der Waals surface area (Å²) in [5.41, 5.74) is 1.14. The maximum absolute atomic E-state index is 14.0. The predicted molar refractivity (Wildman–Crippen MR) is 112 cm³/mol. The van der Waals surface area contributed by atoms with Crippen LogP contribution in [0.25, 0.3) is 11.3 Å². The highest BCUT2D eigenvalue weighted by Gasteiger charge is 2.23. The second kappa shape index (κ2) is 10.6. The fourth-order valence-electron chi connectivity index (χ4n) is 2.42. The van der Waals surface area contributed by atoms with Crippen molar-refractivity contribution in [3.63, 3.8) is 0 Å². The van der Waals surface area contributed by atoms with Gasteiger partial charge in [-0.25, -0.2) is 27.0 Å². The number of carboxylic acids is 2. The SMILES string of the molecule is CNCc1cc(-c2cccnc2F)n(S(=O)(=O)c2ccsc2)c1.O=C(O)/C=C/C(=O)O. The Morgan fingerprint density at radius 2 is 1.94 bits per heavy atom. The number of aromatic nitrogens is 2. The molecule has 31 heavy (non-hydrogen) atoms. The molecule has 0 radical (unpaired) electrons. The topological polar surface area (TPSA) is 139 Å². The number of aliphatic carboxylic acids is 2. The van der Waals surface area contributed by atoms with E-state index < -0.39 is 27.9 Å². The summed E-state index contributed by atoms with van der Waals surface area (Å²) < 4.78 is 40.8. The van der Waals surface area contributed by atoms with Gasteiger partial charge in [-0.3, -0.25) is 0 Å². The van der Waals surface area contributed by atoms with Crippen molar-refractivity contribution >= 4 is 33.3 Å². The van der Waals surface area contributed by atoms with Crippen molar-refractivity contribution in [1.82, 2.24) is 14.3 Å². The molecule has 0 unspecified atom stereocenters. The van der Waals surface area contributed by atoms with Crippen LogP contribution in [0.3, 0.4) is 0 Å². The Labute approximate surface area is 181 Å². The highest BCUT2D eigenvalue weighted by atomic mass is 32.2. The zero-order valence-corrected chi connectivity index (χ0v) is 17.7. The number of halogens is 1. The van der Waals surface area contributed by atoms with E-state index in [0.29, 0.717) is 18.7 Å². The second-order valence-corrected chi connectivity index (χ2v) is 8.47. The molecule has 3 N–H and O–H groups in total. The van der Waals surface area contributed by atoms with Crippen LogP contribution in [0.5, 0.6) is 0 Å². The molecule has 0 saturated heterocycles. The minimum Gasteiger partial charge on any atom is -0.478 e. The lowest BCUT2D eigenvalue weighted by Gasteiger charge is -2.09. The first-order chi connectivity index (χ1) is 14.7. The fraction of sp³-hybridized carbons (Fsp3) is 0.105. The Balaban J connectivity index is 0.000000366. The Hall–Kier alpha value is -3.35. The first-order valence-electron chi connectivity index (χ1n) is 8.55. The third-order valence-electron chi connectivity index (χ3n) is 3.68. The summed E-state index contributed by atoms with van der Waals surface area (Å²) in [5.74, 6) is -3.22. The molecular formula is C19H18FN3O6S2. The number of hydrogen-bond donors (Lipinski definition) is 3. The molecule has 0 saturated carbocycles. The third-order valence-corrected chi connectivity index (χ3v) is 6.18. The second-order valence-electron chi connectivity index (χ2n) is 5.88. The molecule has 0 aliphatic rings. The summed E-state index contributed by atoms with van der Waals surface area (Å²) in [4.78, 5) is 22.9. The summed E-state index contributed by atoms with van der Waals surface area (Å²) in [7, 11) is -2.02. The Morgan fingerprint density at radius 1 is 1.26 bits per heavy atom. The molecule has 0 aliphatic carbocycles. The average molecular weight is 468 g/mol. The molecule has 0 aromatic carbocycles. The lowest BCUT2D eigenvalue weighted by Crippen LogP contribution is -2.13. The van der Waals surface area contributed by atoms with Crippen molar-refractivity contribution in [2.45, 2.75) is 11.4 Å². The van der Waals surface area contributed by atoms with Crippen molar-refractivity contribution in [2.24, 2.45) is 0 Å². The number of thiophene rings is 1. The summed E-state index contributed by atoms with van der Waals surface area (Å²) in [5, 5.41) is 21.8. The van der Waals surface area contributed by atoms with E-state index in [4.69, 9.17) is 10.2 Å². The van der Waals surface area contributed by atoms with Gasteiger partial charge < -0.3 is 15.5 Å². The van der Waals surface area contributed by atoms with Crippen molar-refractivity contribution in [3.05, 3.63) is 71.1 Å². The van der Waals surface area contributed by atoms with Gasteiger partial charge in [-0.15, -0.1) is 0 Å². The molecule has 0 amide bonds. The van der Waals surface area contributed by atoms with Crippen LogP contribution in [-0.4, -0.2) is 46.6 Å². The Bertz CT molecular complexity index is 1170. The summed E-state index contributed by atoms with van der Waals surface area (Å²) >= 11 is 1.29. The number of carboxylic acid groups (broad SMARTS) is 2.